The van der Waals surface area contributed by atoms with Gasteiger partial charge in [-0.3, -0.25) is 14.7 Å². The monoisotopic (exact) mass is 391 g/mol. The van der Waals surface area contributed by atoms with E-state index < -0.39 is 0 Å². The highest BCUT2D eigenvalue weighted by Crippen LogP contribution is 2.25. The minimum atomic E-state index is 0.0295. The maximum Gasteiger partial charge on any atom is 0.224 e. The maximum atomic E-state index is 12.8. The first-order valence-electron chi connectivity index (χ1n) is 10.5. The molecule has 2 aromatic heterocycles. The molecule has 1 aliphatic rings. The van der Waals surface area contributed by atoms with E-state index in [1.165, 1.54) is 19.3 Å². The molecule has 0 bridgehead atoms. The predicted octanol–water partition coefficient (Wildman–Crippen LogP) is 4.33. The second-order valence-electron chi connectivity index (χ2n) is 7.93. The van der Waals surface area contributed by atoms with Crippen molar-refractivity contribution >= 4 is 16.8 Å². The lowest BCUT2D eigenvalue weighted by Crippen LogP contribution is -2.41. The molecule has 1 saturated heterocycles. The number of para-hydroxylation sites is 1. The Hall–Kier alpha value is -2.66. The minimum absolute atomic E-state index is 0.0295. The largest absolute Gasteiger partial charge is 0.468 e. The molecule has 0 radical (unpaired) electrons. The number of likely N-dealkylation sites (tertiary alicyclic amines) is 1. The van der Waals surface area contributed by atoms with E-state index in [4.69, 9.17) is 9.40 Å². The number of fused-ring (bicyclic) bond motifs is 1. The van der Waals surface area contributed by atoms with E-state index in [9.17, 15) is 4.79 Å². The van der Waals surface area contributed by atoms with Crippen LogP contribution in [0.1, 0.15) is 47.9 Å². The molecule has 5 nitrogen and oxygen atoms in total. The highest BCUT2D eigenvalue weighted by Gasteiger charge is 2.25. The molecule has 152 valence electrons. The molecule has 0 saturated carbocycles. The summed E-state index contributed by atoms with van der Waals surface area (Å²) in [5.74, 6) is 0.953. The highest BCUT2D eigenvalue weighted by molar-refractivity contribution is 5.86. The van der Waals surface area contributed by atoms with Crippen molar-refractivity contribution in [2.24, 2.45) is 0 Å². The summed E-state index contributed by atoms with van der Waals surface area (Å²) < 4.78 is 5.68. The Labute approximate surface area is 172 Å². The number of nitrogens with zero attached hydrogens (tertiary/aromatic N) is 2. The van der Waals surface area contributed by atoms with Gasteiger partial charge in [0.05, 0.1) is 24.2 Å². The van der Waals surface area contributed by atoms with Gasteiger partial charge < -0.3 is 9.73 Å². The van der Waals surface area contributed by atoms with Crippen LogP contribution < -0.4 is 5.32 Å². The number of carbonyl (C=O) groups is 1. The number of hydrogen-bond donors (Lipinski definition) is 1. The van der Waals surface area contributed by atoms with E-state index in [0.717, 1.165) is 46.6 Å². The van der Waals surface area contributed by atoms with Crippen LogP contribution in [0.5, 0.6) is 0 Å². The van der Waals surface area contributed by atoms with Crippen LogP contribution in [0.2, 0.25) is 0 Å². The van der Waals surface area contributed by atoms with E-state index in [2.05, 4.69) is 23.2 Å². The SMILES string of the molecule is Cc1nc2ccccc2c(C)c1CC(=O)NC[C@@H](c1ccco1)N1CCCCC1. The summed E-state index contributed by atoms with van der Waals surface area (Å²) in [4.78, 5) is 19.9. The summed E-state index contributed by atoms with van der Waals surface area (Å²) >= 11 is 0. The average Bonchev–Trinajstić information content (AvgIpc) is 3.27. The van der Waals surface area contributed by atoms with E-state index in [1.807, 2.05) is 37.3 Å². The zero-order valence-corrected chi connectivity index (χ0v) is 17.3. The Bertz CT molecular complexity index is 975. The summed E-state index contributed by atoms with van der Waals surface area (Å²) in [7, 11) is 0. The summed E-state index contributed by atoms with van der Waals surface area (Å²) in [5.41, 5.74) is 4.07. The lowest BCUT2D eigenvalue weighted by molar-refractivity contribution is -0.120. The molecule has 3 heterocycles. The van der Waals surface area contributed by atoms with Crippen LogP contribution in [0.3, 0.4) is 0 Å². The van der Waals surface area contributed by atoms with Gasteiger partial charge in [-0.25, -0.2) is 0 Å². The number of furan rings is 1. The van der Waals surface area contributed by atoms with Crippen LogP contribution >= 0.6 is 0 Å². The number of pyridine rings is 1. The maximum absolute atomic E-state index is 12.8. The van der Waals surface area contributed by atoms with Gasteiger partial charge in [-0.1, -0.05) is 24.6 Å². The van der Waals surface area contributed by atoms with Crippen LogP contribution in [-0.2, 0) is 11.2 Å². The number of piperidine rings is 1. The third-order valence-corrected chi connectivity index (χ3v) is 6.02. The van der Waals surface area contributed by atoms with E-state index in [-0.39, 0.29) is 11.9 Å². The minimum Gasteiger partial charge on any atom is -0.468 e. The fourth-order valence-electron chi connectivity index (χ4n) is 4.38. The zero-order chi connectivity index (χ0) is 20.2. The van der Waals surface area contributed by atoms with Crippen LogP contribution in [0.25, 0.3) is 10.9 Å². The molecule has 5 heteroatoms. The molecule has 1 aliphatic heterocycles. The number of aryl methyl sites for hydroxylation is 2. The van der Waals surface area contributed by atoms with Crippen LogP contribution in [-0.4, -0.2) is 35.4 Å². The standard InChI is InChI=1S/C24H29N3O2/c1-17-19-9-4-5-10-21(19)26-18(2)20(17)15-24(28)25-16-22(23-11-8-14-29-23)27-12-6-3-7-13-27/h4-5,8-11,14,22H,3,6-7,12-13,15-16H2,1-2H3,(H,25,28)/t22-/m0/s1. The molecule has 0 aliphatic carbocycles. The lowest BCUT2D eigenvalue weighted by Gasteiger charge is -2.33. The molecule has 1 amide bonds. The van der Waals surface area contributed by atoms with Gasteiger partial charge in [-0.05, 0) is 69.1 Å². The van der Waals surface area contributed by atoms with E-state index in [0.29, 0.717) is 13.0 Å². The van der Waals surface area contributed by atoms with Gasteiger partial charge in [-0.15, -0.1) is 0 Å². The van der Waals surface area contributed by atoms with Gasteiger partial charge in [0.15, 0.2) is 0 Å². The van der Waals surface area contributed by atoms with Crippen molar-refractivity contribution in [1.29, 1.82) is 0 Å². The first-order chi connectivity index (χ1) is 14.1. The second kappa shape index (κ2) is 8.78. The summed E-state index contributed by atoms with van der Waals surface area (Å²) in [6.07, 6.45) is 5.74. The third kappa shape index (κ3) is 4.35. The normalized spacial score (nSPS) is 16.1. The van der Waals surface area contributed by atoms with Crippen molar-refractivity contribution in [2.45, 2.75) is 45.6 Å². The van der Waals surface area contributed by atoms with E-state index >= 15 is 0 Å². The van der Waals surface area contributed by atoms with Crippen LogP contribution in [0.15, 0.2) is 47.1 Å². The Morgan fingerprint density at radius 3 is 2.69 bits per heavy atom. The molecule has 29 heavy (non-hydrogen) atoms. The molecule has 1 N–H and O–H groups in total. The van der Waals surface area contributed by atoms with Crippen molar-refractivity contribution < 1.29 is 9.21 Å². The molecule has 1 atom stereocenters. The number of benzene rings is 1. The molecule has 4 rings (SSSR count). The van der Waals surface area contributed by atoms with Gasteiger partial charge in [0, 0.05) is 17.6 Å². The Kier molecular flexibility index (Phi) is 5.95. The zero-order valence-electron chi connectivity index (χ0n) is 17.3. The van der Waals surface area contributed by atoms with E-state index in [1.54, 1.807) is 6.26 Å². The van der Waals surface area contributed by atoms with Gasteiger partial charge in [0.1, 0.15) is 5.76 Å². The topological polar surface area (TPSA) is 58.4 Å². The fourth-order valence-corrected chi connectivity index (χ4v) is 4.38. The number of carbonyl (C=O) groups excluding carboxylic acids is 1. The van der Waals surface area contributed by atoms with Gasteiger partial charge in [0.25, 0.3) is 0 Å². The number of nitrogens with one attached hydrogen (secondary N) is 1. The number of rotatable bonds is 6. The fraction of sp³-hybridized carbons (Fsp3) is 0.417. The predicted molar refractivity (Wildman–Crippen MR) is 115 cm³/mol. The van der Waals surface area contributed by atoms with Crippen molar-refractivity contribution in [3.8, 4) is 0 Å². The first kappa shape index (κ1) is 19.6. The van der Waals surface area contributed by atoms with Crippen molar-refractivity contribution in [1.82, 2.24) is 15.2 Å². The molecule has 0 unspecified atom stereocenters. The summed E-state index contributed by atoms with van der Waals surface area (Å²) in [6, 6.07) is 12.1. The molecule has 0 spiro atoms. The highest BCUT2D eigenvalue weighted by atomic mass is 16.3. The van der Waals surface area contributed by atoms with Crippen molar-refractivity contribution in [2.75, 3.05) is 19.6 Å². The quantitative estimate of drug-likeness (QED) is 0.679. The number of amides is 1. The lowest BCUT2D eigenvalue weighted by atomic mass is 9.99. The molecule has 1 fully saturated rings. The van der Waals surface area contributed by atoms with Crippen LogP contribution in [0.4, 0.5) is 0 Å². The number of aromatic nitrogens is 1. The molecular formula is C24H29N3O2. The Morgan fingerprint density at radius 1 is 1.14 bits per heavy atom. The summed E-state index contributed by atoms with van der Waals surface area (Å²) in [5, 5.41) is 4.26. The third-order valence-electron chi connectivity index (χ3n) is 6.02. The molecule has 3 aromatic rings. The van der Waals surface area contributed by atoms with Gasteiger partial charge >= 0.3 is 0 Å². The summed E-state index contributed by atoms with van der Waals surface area (Å²) in [6.45, 7) is 6.73. The first-order valence-corrected chi connectivity index (χ1v) is 10.5. The van der Waals surface area contributed by atoms with Gasteiger partial charge in [0.2, 0.25) is 5.91 Å². The smallest absolute Gasteiger partial charge is 0.224 e. The Morgan fingerprint density at radius 2 is 1.93 bits per heavy atom. The average molecular weight is 392 g/mol. The van der Waals surface area contributed by atoms with Gasteiger partial charge in [-0.2, -0.15) is 0 Å². The Balaban J connectivity index is 1.47. The van der Waals surface area contributed by atoms with Crippen LogP contribution in [0, 0.1) is 13.8 Å². The van der Waals surface area contributed by atoms with Crippen molar-refractivity contribution in [3.05, 3.63) is 65.2 Å². The van der Waals surface area contributed by atoms with Crippen molar-refractivity contribution in [3.63, 3.8) is 0 Å². The second-order valence-corrected chi connectivity index (χ2v) is 7.93. The molecular weight excluding hydrogens is 362 g/mol. The number of hydrogen-bond acceptors (Lipinski definition) is 4. The molecule has 1 aromatic carbocycles.